The van der Waals surface area contributed by atoms with Gasteiger partial charge in [0.05, 0.1) is 5.56 Å². The number of anilines is 2. The van der Waals surface area contributed by atoms with Crippen LogP contribution in [0.2, 0.25) is 0 Å². The third kappa shape index (κ3) is 4.39. The first-order valence-corrected chi connectivity index (χ1v) is 11.4. The summed E-state index contributed by atoms with van der Waals surface area (Å²) in [7, 11) is 0. The number of amides is 1. The highest BCUT2D eigenvalue weighted by Gasteiger charge is 2.46. The van der Waals surface area contributed by atoms with E-state index >= 15 is 0 Å². The zero-order chi connectivity index (χ0) is 24.6. The lowest BCUT2D eigenvalue weighted by atomic mass is 9.72. The Morgan fingerprint density at radius 1 is 1.20 bits per heavy atom. The Morgan fingerprint density at radius 2 is 1.97 bits per heavy atom. The molecule has 0 radical (unpaired) electrons. The van der Waals surface area contributed by atoms with E-state index in [4.69, 9.17) is 10.5 Å². The molecule has 3 aromatic rings. The molecule has 0 unspecified atom stereocenters. The van der Waals surface area contributed by atoms with E-state index in [1.165, 1.54) is 24.5 Å². The van der Waals surface area contributed by atoms with Crippen molar-refractivity contribution >= 4 is 17.5 Å². The van der Waals surface area contributed by atoms with Gasteiger partial charge in [-0.25, -0.2) is 24.3 Å². The Balaban J connectivity index is 1.35. The fourth-order valence-corrected chi connectivity index (χ4v) is 4.78. The van der Waals surface area contributed by atoms with Crippen molar-refractivity contribution in [1.29, 1.82) is 0 Å². The molecule has 180 valence electrons. The standard InChI is InChI=1S/C25H26FN7O2/c1-3-20(34)32-10-7-25(8-11-32)13-33(14-25)23-21(22(27)29-15-30-23)17-4-5-19(18(26)12-17)35-24-28-9-6-16(2)31-24/h3-6,9,12,15H,1,7-8,10-11,13-14H2,2H3,(H2,27,29,30). The van der Waals surface area contributed by atoms with Gasteiger partial charge in [-0.1, -0.05) is 12.6 Å². The van der Waals surface area contributed by atoms with Gasteiger partial charge in [-0.2, -0.15) is 0 Å². The fraction of sp³-hybridized carbons (Fsp3) is 0.320. The van der Waals surface area contributed by atoms with Gasteiger partial charge in [0.15, 0.2) is 11.6 Å². The molecular weight excluding hydrogens is 449 g/mol. The first kappa shape index (κ1) is 22.7. The van der Waals surface area contributed by atoms with E-state index in [-0.39, 0.29) is 28.9 Å². The maximum Gasteiger partial charge on any atom is 0.322 e. The molecule has 5 rings (SSSR count). The van der Waals surface area contributed by atoms with Crippen LogP contribution in [0.15, 0.2) is 49.4 Å². The van der Waals surface area contributed by atoms with Gasteiger partial charge in [0, 0.05) is 43.5 Å². The molecule has 2 fully saturated rings. The molecule has 1 spiro atoms. The van der Waals surface area contributed by atoms with Crippen LogP contribution < -0.4 is 15.4 Å². The van der Waals surface area contributed by atoms with Gasteiger partial charge in [-0.15, -0.1) is 0 Å². The number of nitrogen functional groups attached to an aromatic ring is 1. The molecule has 0 saturated carbocycles. The molecule has 4 heterocycles. The largest absolute Gasteiger partial charge is 0.421 e. The van der Waals surface area contributed by atoms with E-state index in [0.717, 1.165) is 44.7 Å². The SMILES string of the molecule is C=CC(=O)N1CCC2(CC1)CN(c1ncnc(N)c1-c1ccc(Oc3nccc(C)n3)c(F)c1)C2. The summed E-state index contributed by atoms with van der Waals surface area (Å²) in [6.45, 7) is 8.40. The monoisotopic (exact) mass is 475 g/mol. The van der Waals surface area contributed by atoms with Crippen LogP contribution in [0.3, 0.4) is 0 Å². The molecular formula is C25H26FN7O2. The summed E-state index contributed by atoms with van der Waals surface area (Å²) in [4.78, 5) is 32.7. The first-order valence-electron chi connectivity index (χ1n) is 11.4. The molecule has 35 heavy (non-hydrogen) atoms. The van der Waals surface area contributed by atoms with E-state index in [9.17, 15) is 9.18 Å². The average Bonchev–Trinajstić information content (AvgIpc) is 2.83. The smallest absolute Gasteiger partial charge is 0.322 e. The van der Waals surface area contributed by atoms with Gasteiger partial charge in [0.25, 0.3) is 0 Å². The first-order chi connectivity index (χ1) is 16.9. The minimum Gasteiger partial charge on any atom is -0.421 e. The van der Waals surface area contributed by atoms with Crippen LogP contribution in [0, 0.1) is 18.2 Å². The zero-order valence-corrected chi connectivity index (χ0v) is 19.4. The number of hydrogen-bond donors (Lipinski definition) is 1. The molecule has 0 bridgehead atoms. The third-order valence-electron chi connectivity index (χ3n) is 6.71. The molecule has 10 heteroatoms. The van der Waals surface area contributed by atoms with Crippen LogP contribution in [-0.4, -0.2) is 56.9 Å². The van der Waals surface area contributed by atoms with Crippen molar-refractivity contribution in [3.8, 4) is 22.9 Å². The quantitative estimate of drug-likeness (QED) is 0.560. The van der Waals surface area contributed by atoms with Crippen LogP contribution in [0.1, 0.15) is 18.5 Å². The molecule has 9 nitrogen and oxygen atoms in total. The van der Waals surface area contributed by atoms with Crippen molar-refractivity contribution in [2.24, 2.45) is 5.41 Å². The number of aromatic nitrogens is 4. The van der Waals surface area contributed by atoms with Crippen molar-refractivity contribution in [3.63, 3.8) is 0 Å². The lowest BCUT2D eigenvalue weighted by Crippen LogP contribution is -2.61. The van der Waals surface area contributed by atoms with Crippen molar-refractivity contribution in [2.45, 2.75) is 19.8 Å². The van der Waals surface area contributed by atoms with E-state index in [1.807, 2.05) is 4.90 Å². The van der Waals surface area contributed by atoms with Crippen molar-refractivity contribution in [2.75, 3.05) is 36.8 Å². The Labute approximate surface area is 202 Å². The summed E-state index contributed by atoms with van der Waals surface area (Å²) in [6, 6.07) is 6.42. The second-order valence-corrected chi connectivity index (χ2v) is 9.07. The Kier molecular flexibility index (Phi) is 5.80. The number of ether oxygens (including phenoxy) is 1. The second-order valence-electron chi connectivity index (χ2n) is 9.07. The molecule has 0 aliphatic carbocycles. The Morgan fingerprint density at radius 3 is 2.66 bits per heavy atom. The van der Waals surface area contributed by atoms with Gasteiger partial charge in [-0.05, 0) is 49.6 Å². The van der Waals surface area contributed by atoms with Gasteiger partial charge < -0.3 is 20.3 Å². The fourth-order valence-electron chi connectivity index (χ4n) is 4.78. The Bertz CT molecular complexity index is 1280. The predicted octanol–water partition coefficient (Wildman–Crippen LogP) is 3.37. The summed E-state index contributed by atoms with van der Waals surface area (Å²) in [5.41, 5.74) is 8.22. The van der Waals surface area contributed by atoms with Crippen LogP contribution in [0.4, 0.5) is 16.0 Å². The zero-order valence-electron chi connectivity index (χ0n) is 19.4. The van der Waals surface area contributed by atoms with Crippen LogP contribution in [0.25, 0.3) is 11.1 Å². The number of hydrogen-bond acceptors (Lipinski definition) is 8. The van der Waals surface area contributed by atoms with Gasteiger partial charge in [-0.3, -0.25) is 4.79 Å². The molecule has 0 atom stereocenters. The number of carbonyl (C=O) groups excluding carboxylic acids is 1. The molecule has 2 aromatic heterocycles. The number of halogens is 1. The predicted molar refractivity (Wildman–Crippen MR) is 129 cm³/mol. The summed E-state index contributed by atoms with van der Waals surface area (Å²) in [5.74, 6) is 0.367. The minimum atomic E-state index is -0.568. The highest BCUT2D eigenvalue weighted by Crippen LogP contribution is 2.45. The van der Waals surface area contributed by atoms with Crippen molar-refractivity contribution in [1.82, 2.24) is 24.8 Å². The average molecular weight is 476 g/mol. The van der Waals surface area contributed by atoms with E-state index in [0.29, 0.717) is 16.9 Å². The number of benzene rings is 1. The summed E-state index contributed by atoms with van der Waals surface area (Å²) in [6.07, 6.45) is 6.18. The number of nitrogens with two attached hydrogens (primary N) is 1. The van der Waals surface area contributed by atoms with Crippen molar-refractivity contribution < 1.29 is 13.9 Å². The lowest BCUT2D eigenvalue weighted by molar-refractivity contribution is -0.128. The molecule has 1 amide bonds. The maximum atomic E-state index is 15.0. The summed E-state index contributed by atoms with van der Waals surface area (Å²) < 4.78 is 20.5. The topological polar surface area (TPSA) is 110 Å². The highest BCUT2D eigenvalue weighted by molar-refractivity contribution is 5.87. The Hall–Kier alpha value is -4.08. The number of piperidine rings is 1. The minimum absolute atomic E-state index is 0.0139. The van der Waals surface area contributed by atoms with Gasteiger partial charge >= 0.3 is 6.01 Å². The van der Waals surface area contributed by atoms with Crippen LogP contribution >= 0.6 is 0 Å². The number of rotatable bonds is 5. The van der Waals surface area contributed by atoms with E-state index < -0.39 is 5.82 Å². The van der Waals surface area contributed by atoms with Gasteiger partial charge in [0.2, 0.25) is 5.91 Å². The van der Waals surface area contributed by atoms with Crippen molar-refractivity contribution in [3.05, 3.63) is 61.0 Å². The van der Waals surface area contributed by atoms with Crippen LogP contribution in [-0.2, 0) is 4.79 Å². The number of carbonyl (C=O) groups is 1. The number of likely N-dealkylation sites (tertiary alicyclic amines) is 1. The van der Waals surface area contributed by atoms with E-state index in [2.05, 4.69) is 31.4 Å². The summed E-state index contributed by atoms with van der Waals surface area (Å²) >= 11 is 0. The molecule has 2 aliphatic heterocycles. The third-order valence-corrected chi connectivity index (χ3v) is 6.71. The maximum absolute atomic E-state index is 15.0. The van der Waals surface area contributed by atoms with Crippen LogP contribution in [0.5, 0.6) is 11.8 Å². The van der Waals surface area contributed by atoms with Gasteiger partial charge in [0.1, 0.15) is 18.0 Å². The second kappa shape index (κ2) is 8.94. The highest BCUT2D eigenvalue weighted by atomic mass is 19.1. The molecule has 2 N–H and O–H groups in total. The molecule has 2 aliphatic rings. The normalized spacial score (nSPS) is 16.6. The lowest BCUT2D eigenvalue weighted by Gasteiger charge is -2.54. The number of aryl methyl sites for hydroxylation is 1. The van der Waals surface area contributed by atoms with E-state index in [1.54, 1.807) is 25.3 Å². The number of nitrogens with zero attached hydrogens (tertiary/aromatic N) is 6. The molecule has 1 aromatic carbocycles. The summed E-state index contributed by atoms with van der Waals surface area (Å²) in [5, 5.41) is 0. The molecule has 2 saturated heterocycles.